The third-order valence-corrected chi connectivity index (χ3v) is 3.70. The van der Waals surface area contributed by atoms with Gasteiger partial charge in [0, 0.05) is 16.5 Å². The second-order valence-electron chi connectivity index (χ2n) is 3.98. The van der Waals surface area contributed by atoms with E-state index in [2.05, 4.69) is 10.1 Å². The fourth-order valence-corrected chi connectivity index (χ4v) is 2.69. The molecule has 0 N–H and O–H groups in total. The number of carbonyl (C=O) groups is 1. The fourth-order valence-electron chi connectivity index (χ4n) is 1.63. The average molecular weight is 296 g/mol. The maximum atomic E-state index is 12.1. The maximum absolute atomic E-state index is 12.1. The van der Waals surface area contributed by atoms with E-state index in [9.17, 15) is 4.79 Å². The SMILES string of the molecule is CCCn1ncnc1C(=O)CSc1cccc(Cl)c1. The Hall–Kier alpha value is -1.33. The van der Waals surface area contributed by atoms with Gasteiger partial charge in [-0.15, -0.1) is 11.8 Å². The van der Waals surface area contributed by atoms with Gasteiger partial charge in [0.1, 0.15) is 6.33 Å². The normalized spacial score (nSPS) is 10.6. The first-order chi connectivity index (χ1) is 9.20. The zero-order chi connectivity index (χ0) is 13.7. The molecule has 0 aliphatic heterocycles. The molecule has 0 saturated carbocycles. The van der Waals surface area contributed by atoms with Crippen molar-refractivity contribution in [2.45, 2.75) is 24.8 Å². The average Bonchev–Trinajstić information content (AvgIpc) is 2.85. The van der Waals surface area contributed by atoms with Crippen LogP contribution in [0.2, 0.25) is 5.02 Å². The van der Waals surface area contributed by atoms with Crippen molar-refractivity contribution in [2.75, 3.05) is 5.75 Å². The van der Waals surface area contributed by atoms with Crippen LogP contribution in [0.3, 0.4) is 0 Å². The van der Waals surface area contributed by atoms with Crippen LogP contribution >= 0.6 is 23.4 Å². The van der Waals surface area contributed by atoms with Crippen LogP contribution in [0.15, 0.2) is 35.5 Å². The Morgan fingerprint density at radius 1 is 1.47 bits per heavy atom. The van der Waals surface area contributed by atoms with Crippen LogP contribution in [0.4, 0.5) is 0 Å². The highest BCUT2D eigenvalue weighted by Gasteiger charge is 2.13. The van der Waals surface area contributed by atoms with E-state index < -0.39 is 0 Å². The Bertz CT molecular complexity index is 571. The molecule has 1 aromatic carbocycles. The molecule has 2 aromatic rings. The summed E-state index contributed by atoms with van der Waals surface area (Å²) < 4.78 is 1.65. The standard InChI is InChI=1S/C13H14ClN3OS/c1-2-6-17-13(15-9-16-17)12(18)8-19-11-5-3-4-10(14)7-11/h3-5,7,9H,2,6,8H2,1H3. The van der Waals surface area contributed by atoms with Gasteiger partial charge in [-0.1, -0.05) is 24.6 Å². The van der Waals surface area contributed by atoms with Gasteiger partial charge in [0.15, 0.2) is 5.82 Å². The lowest BCUT2D eigenvalue weighted by molar-refractivity contribution is 0.100. The van der Waals surface area contributed by atoms with Crippen LogP contribution in [0.25, 0.3) is 0 Å². The van der Waals surface area contributed by atoms with Gasteiger partial charge in [-0.25, -0.2) is 9.67 Å². The van der Waals surface area contributed by atoms with Crippen LogP contribution in [-0.4, -0.2) is 26.3 Å². The summed E-state index contributed by atoms with van der Waals surface area (Å²) in [6.07, 6.45) is 2.35. The molecule has 19 heavy (non-hydrogen) atoms. The number of aromatic nitrogens is 3. The number of halogens is 1. The summed E-state index contributed by atoms with van der Waals surface area (Å²) in [6.45, 7) is 2.75. The maximum Gasteiger partial charge on any atom is 0.209 e. The molecule has 0 aliphatic rings. The summed E-state index contributed by atoms with van der Waals surface area (Å²) in [7, 11) is 0. The fraction of sp³-hybridized carbons (Fsp3) is 0.308. The summed E-state index contributed by atoms with van der Waals surface area (Å²) >= 11 is 7.35. The Morgan fingerprint density at radius 2 is 2.32 bits per heavy atom. The number of rotatable bonds is 6. The topological polar surface area (TPSA) is 47.8 Å². The lowest BCUT2D eigenvalue weighted by Gasteiger charge is -2.04. The zero-order valence-corrected chi connectivity index (χ0v) is 12.1. The van der Waals surface area contributed by atoms with Gasteiger partial charge in [-0.3, -0.25) is 4.79 Å². The second kappa shape index (κ2) is 6.73. The van der Waals surface area contributed by atoms with Crippen molar-refractivity contribution in [1.29, 1.82) is 0 Å². The predicted molar refractivity (Wildman–Crippen MR) is 76.8 cm³/mol. The van der Waals surface area contributed by atoms with Crippen LogP contribution in [0.1, 0.15) is 24.0 Å². The highest BCUT2D eigenvalue weighted by atomic mass is 35.5. The van der Waals surface area contributed by atoms with E-state index >= 15 is 0 Å². The molecule has 2 rings (SSSR count). The molecule has 100 valence electrons. The first-order valence-electron chi connectivity index (χ1n) is 6.00. The van der Waals surface area contributed by atoms with E-state index in [-0.39, 0.29) is 5.78 Å². The highest BCUT2D eigenvalue weighted by molar-refractivity contribution is 8.00. The summed E-state index contributed by atoms with van der Waals surface area (Å²) in [5.74, 6) is 0.746. The van der Waals surface area contributed by atoms with E-state index in [1.807, 2.05) is 31.2 Å². The minimum Gasteiger partial charge on any atom is -0.290 e. The molecule has 0 amide bonds. The predicted octanol–water partition coefficient (Wildman–Crippen LogP) is 3.32. The third kappa shape index (κ3) is 3.81. The molecular weight excluding hydrogens is 282 g/mol. The number of carbonyl (C=O) groups excluding carboxylic acids is 1. The molecule has 6 heteroatoms. The van der Waals surface area contributed by atoms with Gasteiger partial charge in [-0.05, 0) is 24.6 Å². The number of thioether (sulfide) groups is 1. The van der Waals surface area contributed by atoms with E-state index in [4.69, 9.17) is 11.6 Å². The minimum atomic E-state index is -0.0177. The van der Waals surface area contributed by atoms with E-state index in [1.165, 1.54) is 18.1 Å². The zero-order valence-electron chi connectivity index (χ0n) is 10.5. The number of Topliss-reactive ketones (excluding diaryl/α,β-unsaturated/α-hetero) is 1. The van der Waals surface area contributed by atoms with Crippen molar-refractivity contribution in [3.8, 4) is 0 Å². The summed E-state index contributed by atoms with van der Waals surface area (Å²) in [5.41, 5.74) is 0. The lowest BCUT2D eigenvalue weighted by atomic mass is 10.4. The number of hydrogen-bond donors (Lipinski definition) is 0. The smallest absolute Gasteiger partial charge is 0.209 e. The van der Waals surface area contributed by atoms with Gasteiger partial charge in [-0.2, -0.15) is 5.10 Å². The molecule has 0 spiro atoms. The highest BCUT2D eigenvalue weighted by Crippen LogP contribution is 2.22. The van der Waals surface area contributed by atoms with Crippen LogP contribution in [0.5, 0.6) is 0 Å². The molecule has 0 bridgehead atoms. The van der Waals surface area contributed by atoms with Crippen LogP contribution in [0, 0.1) is 0 Å². The van der Waals surface area contributed by atoms with Gasteiger partial charge >= 0.3 is 0 Å². The van der Waals surface area contributed by atoms with E-state index in [0.29, 0.717) is 23.1 Å². The molecule has 1 aromatic heterocycles. The van der Waals surface area contributed by atoms with Gasteiger partial charge in [0.25, 0.3) is 0 Å². The number of aryl methyl sites for hydroxylation is 1. The van der Waals surface area contributed by atoms with Crippen molar-refractivity contribution < 1.29 is 4.79 Å². The summed E-state index contributed by atoms with van der Waals surface area (Å²) in [5, 5.41) is 4.72. The number of hydrogen-bond acceptors (Lipinski definition) is 4. The molecule has 0 aliphatic carbocycles. The van der Waals surface area contributed by atoms with Gasteiger partial charge in [0.2, 0.25) is 5.78 Å². The summed E-state index contributed by atoms with van der Waals surface area (Å²) in [6, 6.07) is 7.46. The van der Waals surface area contributed by atoms with E-state index in [1.54, 1.807) is 4.68 Å². The third-order valence-electron chi connectivity index (χ3n) is 2.47. The first-order valence-corrected chi connectivity index (χ1v) is 7.36. The first kappa shape index (κ1) is 14.1. The van der Waals surface area contributed by atoms with Gasteiger partial charge in [0.05, 0.1) is 5.75 Å². The van der Waals surface area contributed by atoms with Crippen molar-refractivity contribution in [1.82, 2.24) is 14.8 Å². The van der Waals surface area contributed by atoms with Crippen LogP contribution in [-0.2, 0) is 6.54 Å². The Kier molecular flexibility index (Phi) is 4.99. The Balaban J connectivity index is 1.99. The number of nitrogens with zero attached hydrogens (tertiary/aromatic N) is 3. The van der Waals surface area contributed by atoms with Gasteiger partial charge < -0.3 is 0 Å². The number of benzene rings is 1. The number of ketones is 1. The molecular formula is C13H14ClN3OS. The lowest BCUT2D eigenvalue weighted by Crippen LogP contribution is -2.13. The molecule has 4 nitrogen and oxygen atoms in total. The molecule has 0 saturated heterocycles. The molecule has 0 atom stereocenters. The van der Waals surface area contributed by atoms with Crippen molar-refractivity contribution >= 4 is 29.1 Å². The quantitative estimate of drug-likeness (QED) is 0.606. The summed E-state index contributed by atoms with van der Waals surface area (Å²) in [4.78, 5) is 17.1. The van der Waals surface area contributed by atoms with E-state index in [0.717, 1.165) is 11.3 Å². The molecule has 0 fully saturated rings. The second-order valence-corrected chi connectivity index (χ2v) is 5.46. The largest absolute Gasteiger partial charge is 0.290 e. The van der Waals surface area contributed by atoms with Crippen molar-refractivity contribution in [3.05, 3.63) is 41.4 Å². The Labute approximate surface area is 121 Å². The molecule has 1 heterocycles. The minimum absolute atomic E-state index is 0.0177. The van der Waals surface area contributed by atoms with Crippen molar-refractivity contribution in [3.63, 3.8) is 0 Å². The molecule has 0 unspecified atom stereocenters. The molecule has 0 radical (unpaired) electrons. The Morgan fingerprint density at radius 3 is 3.05 bits per heavy atom. The van der Waals surface area contributed by atoms with Crippen molar-refractivity contribution in [2.24, 2.45) is 0 Å². The van der Waals surface area contributed by atoms with Crippen LogP contribution < -0.4 is 0 Å². The monoisotopic (exact) mass is 295 g/mol.